The lowest BCUT2D eigenvalue weighted by molar-refractivity contribution is 0.0985. The third-order valence-corrected chi connectivity index (χ3v) is 8.53. The average molecular weight is 551 g/mol. The number of nitrogens with zero attached hydrogens (tertiary/aromatic N) is 1. The van der Waals surface area contributed by atoms with Crippen LogP contribution in [0.1, 0.15) is 27.0 Å². The molecule has 5 nitrogen and oxygen atoms in total. The van der Waals surface area contributed by atoms with E-state index < -0.39 is 22.7 Å². The molecule has 6 rings (SSSR count). The molecule has 4 aromatic carbocycles. The first-order valence-corrected chi connectivity index (χ1v) is 19.4. The first kappa shape index (κ1) is 25.5. The highest BCUT2D eigenvalue weighted by Crippen LogP contribution is 2.59. The van der Waals surface area contributed by atoms with E-state index >= 15 is 0 Å². The summed E-state index contributed by atoms with van der Waals surface area (Å²) in [6, 6.07) is 29.9. The van der Waals surface area contributed by atoms with Crippen molar-refractivity contribution in [1.82, 2.24) is 0 Å². The first-order chi connectivity index (χ1) is 18.7. The van der Waals surface area contributed by atoms with Crippen LogP contribution in [-0.2, 0) is 5.54 Å². The molecule has 1 amide bonds. The van der Waals surface area contributed by atoms with Crippen LogP contribution in [0.3, 0.4) is 0 Å². The van der Waals surface area contributed by atoms with Gasteiger partial charge in [-0.05, 0) is 62.1 Å². The summed E-state index contributed by atoms with van der Waals surface area (Å²) in [6.45, 7) is 10.9. The van der Waals surface area contributed by atoms with Gasteiger partial charge in [0, 0.05) is 40.1 Å². The molecule has 1 unspecified atom stereocenters. The van der Waals surface area contributed by atoms with Gasteiger partial charge in [-0.15, -0.1) is 0 Å². The van der Waals surface area contributed by atoms with E-state index in [4.69, 9.17) is 13.9 Å². The van der Waals surface area contributed by atoms with Gasteiger partial charge in [0.05, 0.1) is 15.0 Å². The van der Waals surface area contributed by atoms with Crippen molar-refractivity contribution in [1.29, 1.82) is 0 Å². The van der Waals surface area contributed by atoms with Gasteiger partial charge in [-0.3, -0.25) is 9.69 Å². The molecule has 1 spiro atoms. The zero-order chi connectivity index (χ0) is 27.4. The van der Waals surface area contributed by atoms with Crippen molar-refractivity contribution >= 4 is 28.7 Å². The Hall–Kier alpha value is -3.82. The minimum absolute atomic E-state index is 0.0393. The molecule has 0 saturated heterocycles. The molecule has 0 saturated carbocycles. The maximum absolute atomic E-state index is 14.2. The topological polar surface area (TPSA) is 48.0 Å². The van der Waals surface area contributed by atoms with Crippen LogP contribution in [-0.4, -0.2) is 29.3 Å². The Bertz CT molecular complexity index is 1560. The number of ether oxygens (including phenoxy) is 2. The van der Waals surface area contributed by atoms with E-state index in [0.717, 1.165) is 33.9 Å². The lowest BCUT2D eigenvalue weighted by Crippen LogP contribution is -2.47. The van der Waals surface area contributed by atoms with Crippen LogP contribution >= 0.6 is 0 Å². The number of para-hydroxylation sites is 1. The molecule has 2 aliphatic heterocycles. The Morgan fingerprint density at radius 1 is 0.795 bits per heavy atom. The first-order valence-electron chi connectivity index (χ1n) is 13.3. The van der Waals surface area contributed by atoms with Crippen LogP contribution in [0.2, 0.25) is 32.7 Å². The number of hydrogen-bond acceptors (Lipinski definition) is 4. The number of hydrogen-bond donors (Lipinski definition) is 0. The predicted molar refractivity (Wildman–Crippen MR) is 159 cm³/mol. The molecule has 0 aromatic heterocycles. The predicted octanol–water partition coefficient (Wildman–Crippen LogP) is 7.63. The molecule has 1 radical (unpaired) electrons. The fourth-order valence-corrected chi connectivity index (χ4v) is 6.86. The molecule has 2 heterocycles. The fraction of sp³-hybridized carbons (Fsp3) is 0.219. The molecule has 0 bridgehead atoms. The highest BCUT2D eigenvalue weighted by atomic mass is 28.4. The lowest BCUT2D eigenvalue weighted by Gasteiger charge is -2.44. The van der Waals surface area contributed by atoms with Gasteiger partial charge in [0.1, 0.15) is 28.5 Å². The standard InChI is InChI=1S/C32H32NO4Si2/c1-38(2)21-35-23-15-17-27-29(19-23)36-30-20-24(37-39(3,4)5)16-18-28(30)32(27)26-14-10-9-13-25(26)31(34)33(32)22-11-7-6-8-12-22/h6-20H,21H2,1-5H3. The Morgan fingerprint density at radius 2 is 1.41 bits per heavy atom. The van der Waals surface area contributed by atoms with Crippen molar-refractivity contribution in [2.45, 2.75) is 38.3 Å². The van der Waals surface area contributed by atoms with Gasteiger partial charge in [-0.1, -0.05) is 49.5 Å². The maximum Gasteiger partial charge on any atom is 0.260 e. The molecule has 0 N–H and O–H groups in total. The van der Waals surface area contributed by atoms with Gasteiger partial charge >= 0.3 is 0 Å². The fourth-order valence-electron chi connectivity index (χ4n) is 5.57. The lowest BCUT2D eigenvalue weighted by atomic mass is 9.74. The van der Waals surface area contributed by atoms with Crippen LogP contribution in [0, 0.1) is 0 Å². The van der Waals surface area contributed by atoms with Crippen LogP contribution in [0.4, 0.5) is 5.69 Å². The summed E-state index contributed by atoms with van der Waals surface area (Å²) < 4.78 is 19.1. The summed E-state index contributed by atoms with van der Waals surface area (Å²) in [7, 11) is -2.42. The molecule has 39 heavy (non-hydrogen) atoms. The largest absolute Gasteiger partial charge is 0.544 e. The third-order valence-electron chi connectivity index (χ3n) is 6.96. The number of rotatable bonds is 6. The zero-order valence-corrected chi connectivity index (χ0v) is 24.9. The van der Waals surface area contributed by atoms with E-state index in [1.165, 1.54) is 0 Å². The van der Waals surface area contributed by atoms with E-state index in [9.17, 15) is 4.79 Å². The van der Waals surface area contributed by atoms with E-state index in [1.807, 2.05) is 77.7 Å². The van der Waals surface area contributed by atoms with Crippen molar-refractivity contribution in [2.24, 2.45) is 0 Å². The summed E-state index contributed by atoms with van der Waals surface area (Å²) in [4.78, 5) is 16.2. The normalized spacial score (nSPS) is 17.5. The van der Waals surface area contributed by atoms with E-state index in [2.05, 4.69) is 50.9 Å². The van der Waals surface area contributed by atoms with Crippen LogP contribution in [0.5, 0.6) is 23.0 Å². The van der Waals surface area contributed by atoms with E-state index in [1.54, 1.807) is 0 Å². The minimum Gasteiger partial charge on any atom is -0.544 e. The zero-order valence-electron chi connectivity index (χ0n) is 22.9. The van der Waals surface area contributed by atoms with Gasteiger partial charge in [-0.25, -0.2) is 0 Å². The van der Waals surface area contributed by atoms with Crippen molar-refractivity contribution in [3.8, 4) is 23.0 Å². The highest BCUT2D eigenvalue weighted by Gasteiger charge is 2.57. The number of anilines is 1. The third kappa shape index (κ3) is 4.26. The molecular weight excluding hydrogens is 519 g/mol. The average Bonchev–Trinajstić information content (AvgIpc) is 3.16. The smallest absolute Gasteiger partial charge is 0.260 e. The monoisotopic (exact) mass is 550 g/mol. The van der Waals surface area contributed by atoms with Crippen LogP contribution in [0.15, 0.2) is 91.0 Å². The van der Waals surface area contributed by atoms with Crippen LogP contribution in [0.25, 0.3) is 0 Å². The number of benzene rings is 4. The molecule has 2 aliphatic rings. The quantitative estimate of drug-likeness (QED) is 0.232. The number of carbonyl (C=O) groups is 1. The summed E-state index contributed by atoms with van der Waals surface area (Å²) in [5.41, 5.74) is 3.34. The van der Waals surface area contributed by atoms with Gasteiger partial charge in [0.25, 0.3) is 5.91 Å². The SMILES string of the molecule is C[Si](C)COc1ccc2c(c1)Oc1cc(O[Si](C)(C)C)ccc1C21c2ccccc2C(=O)N1c1ccccc1. The van der Waals surface area contributed by atoms with E-state index in [-0.39, 0.29) is 5.91 Å². The van der Waals surface area contributed by atoms with Gasteiger partial charge in [-0.2, -0.15) is 0 Å². The van der Waals surface area contributed by atoms with Gasteiger partial charge < -0.3 is 13.9 Å². The second-order valence-corrected chi connectivity index (χ2v) is 18.5. The molecule has 4 aromatic rings. The second kappa shape index (κ2) is 9.43. The van der Waals surface area contributed by atoms with Crippen molar-refractivity contribution in [3.05, 3.63) is 113 Å². The molecular formula is C32H32NO4Si2. The molecule has 0 fully saturated rings. The Labute approximate surface area is 232 Å². The second-order valence-electron chi connectivity index (χ2n) is 11.4. The maximum atomic E-state index is 14.2. The highest BCUT2D eigenvalue weighted by molar-refractivity contribution is 6.70. The Morgan fingerprint density at radius 3 is 2.08 bits per heavy atom. The Kier molecular flexibility index (Phi) is 6.16. The van der Waals surface area contributed by atoms with Crippen molar-refractivity contribution in [3.63, 3.8) is 0 Å². The van der Waals surface area contributed by atoms with Crippen molar-refractivity contribution < 1.29 is 18.7 Å². The molecule has 0 aliphatic carbocycles. The van der Waals surface area contributed by atoms with Crippen molar-refractivity contribution in [2.75, 3.05) is 11.1 Å². The number of amides is 1. The van der Waals surface area contributed by atoms with Gasteiger partial charge in [0.15, 0.2) is 0 Å². The summed E-state index contributed by atoms with van der Waals surface area (Å²) in [5, 5.41) is 0. The van der Waals surface area contributed by atoms with Gasteiger partial charge in [0.2, 0.25) is 8.32 Å². The molecule has 197 valence electrons. The molecule has 7 heteroatoms. The summed E-state index contributed by atoms with van der Waals surface area (Å²) in [5.74, 6) is 2.85. The summed E-state index contributed by atoms with van der Waals surface area (Å²) in [6.07, 6.45) is 0.705. The number of carbonyl (C=O) groups excluding carboxylic acids is 1. The minimum atomic E-state index is -1.86. The number of fused-ring (bicyclic) bond motifs is 6. The molecule has 1 atom stereocenters. The summed E-state index contributed by atoms with van der Waals surface area (Å²) >= 11 is 0. The van der Waals surface area contributed by atoms with Crippen LogP contribution < -0.4 is 18.8 Å². The Balaban J connectivity index is 1.64. The van der Waals surface area contributed by atoms with E-state index in [0.29, 0.717) is 23.3 Å².